The number of furan rings is 1. The first-order valence-electron chi connectivity index (χ1n) is 8.56. The van der Waals surface area contributed by atoms with Crippen LogP contribution in [0.5, 0.6) is 11.5 Å². The van der Waals surface area contributed by atoms with Gasteiger partial charge in [0.15, 0.2) is 6.10 Å². The number of phenolic OH excluding ortho intramolecular Hbond substituents is 1. The largest absolute Gasteiger partial charge is 0.508 e. The first-order chi connectivity index (χ1) is 13.8. The van der Waals surface area contributed by atoms with Crippen molar-refractivity contribution in [1.29, 1.82) is 0 Å². The van der Waals surface area contributed by atoms with Crippen LogP contribution < -0.4 is 10.1 Å². The number of para-hydroxylation sites is 2. The molecule has 9 heteroatoms. The Balaban J connectivity index is 1.61. The van der Waals surface area contributed by atoms with Crippen molar-refractivity contribution >= 4 is 28.5 Å². The Morgan fingerprint density at radius 2 is 1.97 bits per heavy atom. The van der Waals surface area contributed by atoms with Gasteiger partial charge in [0, 0.05) is 17.0 Å². The molecule has 0 fully saturated rings. The molecule has 1 heterocycles. The molecule has 2 N–H and O–H groups in total. The van der Waals surface area contributed by atoms with E-state index in [4.69, 9.17) is 9.15 Å². The van der Waals surface area contributed by atoms with E-state index in [-0.39, 0.29) is 23.6 Å². The molecule has 0 saturated heterocycles. The van der Waals surface area contributed by atoms with E-state index in [2.05, 4.69) is 10.1 Å². The van der Waals surface area contributed by atoms with Crippen LogP contribution >= 0.6 is 0 Å². The van der Waals surface area contributed by atoms with E-state index in [1.54, 1.807) is 6.07 Å². The minimum Gasteiger partial charge on any atom is -0.508 e. The summed E-state index contributed by atoms with van der Waals surface area (Å²) in [5.41, 5.74) is 0.976. The van der Waals surface area contributed by atoms with Crippen molar-refractivity contribution in [2.75, 3.05) is 5.32 Å². The standard InChI is InChI=1S/C20H17F2NO6/c1-11(19(26)23-15-4-2-3-5-16(15)29-20(21)22)28-18(25)8-12-10-27-17-9-13(24)6-7-14(12)17/h2-7,9-11,20,24H,8H2,1H3,(H,23,26)/t11-/m1/s1. The Morgan fingerprint density at radius 3 is 2.72 bits per heavy atom. The van der Waals surface area contributed by atoms with E-state index >= 15 is 0 Å². The number of aromatic hydroxyl groups is 1. The maximum absolute atomic E-state index is 12.5. The lowest BCUT2D eigenvalue weighted by Crippen LogP contribution is -2.30. The highest BCUT2D eigenvalue weighted by atomic mass is 19.3. The second kappa shape index (κ2) is 8.59. The maximum atomic E-state index is 12.5. The van der Waals surface area contributed by atoms with Crippen LogP contribution in [0.1, 0.15) is 12.5 Å². The zero-order chi connectivity index (χ0) is 21.0. The molecule has 1 amide bonds. The summed E-state index contributed by atoms with van der Waals surface area (Å²) in [5, 5.41) is 12.5. The quantitative estimate of drug-likeness (QED) is 0.580. The van der Waals surface area contributed by atoms with Crippen molar-refractivity contribution < 1.29 is 37.4 Å². The van der Waals surface area contributed by atoms with Gasteiger partial charge in [0.2, 0.25) is 0 Å². The highest BCUT2D eigenvalue weighted by Gasteiger charge is 2.21. The molecule has 3 aromatic rings. The molecule has 29 heavy (non-hydrogen) atoms. The molecule has 0 aliphatic rings. The summed E-state index contributed by atoms with van der Waals surface area (Å²) in [6.07, 6.45) is 0.0402. The number of esters is 1. The fourth-order valence-corrected chi connectivity index (χ4v) is 2.66. The normalized spacial score (nSPS) is 12.0. The number of carbonyl (C=O) groups excluding carboxylic acids is 2. The van der Waals surface area contributed by atoms with Gasteiger partial charge >= 0.3 is 12.6 Å². The molecule has 0 aliphatic carbocycles. The number of rotatable bonds is 7. The third kappa shape index (κ3) is 5.01. The van der Waals surface area contributed by atoms with Crippen LogP contribution in [0.4, 0.5) is 14.5 Å². The summed E-state index contributed by atoms with van der Waals surface area (Å²) >= 11 is 0. The molecular weight excluding hydrogens is 388 g/mol. The van der Waals surface area contributed by atoms with Crippen molar-refractivity contribution in [3.63, 3.8) is 0 Å². The SMILES string of the molecule is C[C@@H](OC(=O)Cc1coc2cc(O)ccc12)C(=O)Nc1ccccc1OC(F)F. The summed E-state index contributed by atoms with van der Waals surface area (Å²) in [4.78, 5) is 24.4. The van der Waals surface area contributed by atoms with Crippen LogP contribution in [0.2, 0.25) is 0 Å². The zero-order valence-electron chi connectivity index (χ0n) is 15.2. The van der Waals surface area contributed by atoms with Gasteiger partial charge < -0.3 is 24.3 Å². The molecule has 1 atom stereocenters. The van der Waals surface area contributed by atoms with Crippen molar-refractivity contribution in [2.45, 2.75) is 26.1 Å². The summed E-state index contributed by atoms with van der Waals surface area (Å²) in [6.45, 7) is -1.69. The number of phenols is 1. The van der Waals surface area contributed by atoms with E-state index in [0.717, 1.165) is 0 Å². The predicted octanol–water partition coefficient (Wildman–Crippen LogP) is 3.85. The van der Waals surface area contributed by atoms with Gasteiger partial charge in [-0.2, -0.15) is 8.78 Å². The van der Waals surface area contributed by atoms with Gasteiger partial charge in [-0.15, -0.1) is 0 Å². The summed E-state index contributed by atoms with van der Waals surface area (Å²) in [5.74, 6) is -1.56. The minimum absolute atomic E-state index is 0.0290. The minimum atomic E-state index is -3.05. The van der Waals surface area contributed by atoms with E-state index in [0.29, 0.717) is 16.5 Å². The van der Waals surface area contributed by atoms with Crippen molar-refractivity contribution in [3.05, 3.63) is 54.3 Å². The zero-order valence-corrected chi connectivity index (χ0v) is 15.2. The molecule has 0 aliphatic heterocycles. The first kappa shape index (κ1) is 20.1. The lowest BCUT2D eigenvalue weighted by atomic mass is 10.1. The molecule has 0 unspecified atom stereocenters. The van der Waals surface area contributed by atoms with E-state index in [1.807, 2.05) is 0 Å². The average molecular weight is 405 g/mol. The Labute approximate surface area is 163 Å². The second-order valence-electron chi connectivity index (χ2n) is 6.11. The molecule has 0 radical (unpaired) electrons. The van der Waals surface area contributed by atoms with Crippen LogP contribution in [0, 0.1) is 0 Å². The molecule has 3 rings (SSSR count). The maximum Gasteiger partial charge on any atom is 0.387 e. The lowest BCUT2D eigenvalue weighted by molar-refractivity contribution is -0.152. The fourth-order valence-electron chi connectivity index (χ4n) is 2.66. The van der Waals surface area contributed by atoms with Gasteiger partial charge in [-0.05, 0) is 31.2 Å². The average Bonchev–Trinajstić information content (AvgIpc) is 3.04. The van der Waals surface area contributed by atoms with Gasteiger partial charge in [0.25, 0.3) is 5.91 Å². The summed E-state index contributed by atoms with van der Waals surface area (Å²) in [6, 6.07) is 10.2. The van der Waals surface area contributed by atoms with Crippen molar-refractivity contribution in [1.82, 2.24) is 0 Å². The van der Waals surface area contributed by atoms with Crippen LogP contribution in [0.25, 0.3) is 11.0 Å². The highest BCUT2D eigenvalue weighted by Crippen LogP contribution is 2.27. The number of alkyl halides is 2. The fraction of sp³-hybridized carbons (Fsp3) is 0.200. The molecule has 152 valence electrons. The molecular formula is C20H17F2NO6. The number of carbonyl (C=O) groups is 2. The number of ether oxygens (including phenoxy) is 2. The van der Waals surface area contributed by atoms with Crippen LogP contribution in [0.3, 0.4) is 0 Å². The molecule has 7 nitrogen and oxygen atoms in total. The predicted molar refractivity (Wildman–Crippen MR) is 98.8 cm³/mol. The van der Waals surface area contributed by atoms with Gasteiger partial charge in [0.1, 0.15) is 17.1 Å². The van der Waals surface area contributed by atoms with Gasteiger partial charge in [-0.25, -0.2) is 0 Å². The number of halogens is 2. The monoisotopic (exact) mass is 405 g/mol. The number of amides is 1. The number of nitrogens with one attached hydrogen (secondary N) is 1. The Kier molecular flexibility index (Phi) is 5.96. The topological polar surface area (TPSA) is 98.0 Å². The van der Waals surface area contributed by atoms with Crippen LogP contribution in [-0.4, -0.2) is 29.7 Å². The third-order valence-electron chi connectivity index (χ3n) is 4.01. The van der Waals surface area contributed by atoms with Crippen molar-refractivity contribution in [3.8, 4) is 11.5 Å². The Bertz CT molecular complexity index is 1030. The smallest absolute Gasteiger partial charge is 0.387 e. The third-order valence-corrected chi connectivity index (χ3v) is 4.01. The molecule has 0 spiro atoms. The van der Waals surface area contributed by atoms with Crippen molar-refractivity contribution in [2.24, 2.45) is 0 Å². The molecule has 2 aromatic carbocycles. The van der Waals surface area contributed by atoms with E-state index in [9.17, 15) is 23.5 Å². The number of hydrogen-bond donors (Lipinski definition) is 2. The van der Waals surface area contributed by atoms with Gasteiger partial charge in [-0.3, -0.25) is 9.59 Å². The highest BCUT2D eigenvalue weighted by molar-refractivity contribution is 5.96. The lowest BCUT2D eigenvalue weighted by Gasteiger charge is -2.15. The Hall–Kier alpha value is -3.62. The molecule has 1 aromatic heterocycles. The number of benzene rings is 2. The number of hydrogen-bond acceptors (Lipinski definition) is 6. The van der Waals surface area contributed by atoms with E-state index < -0.39 is 24.6 Å². The first-order valence-corrected chi connectivity index (χ1v) is 8.56. The molecule has 0 bridgehead atoms. The molecule has 0 saturated carbocycles. The number of fused-ring (bicyclic) bond motifs is 1. The van der Waals surface area contributed by atoms with Gasteiger partial charge in [0.05, 0.1) is 18.4 Å². The summed E-state index contributed by atoms with van der Waals surface area (Å²) in [7, 11) is 0. The number of anilines is 1. The van der Waals surface area contributed by atoms with Gasteiger partial charge in [-0.1, -0.05) is 12.1 Å². The second-order valence-corrected chi connectivity index (χ2v) is 6.11. The van der Waals surface area contributed by atoms with Crippen LogP contribution in [0.15, 0.2) is 53.1 Å². The van der Waals surface area contributed by atoms with Crippen LogP contribution in [-0.2, 0) is 20.7 Å². The summed E-state index contributed by atoms with van der Waals surface area (Å²) < 4.78 is 39.7. The van der Waals surface area contributed by atoms with E-state index in [1.165, 1.54) is 49.6 Å². The Morgan fingerprint density at radius 1 is 1.21 bits per heavy atom.